The number of carbonyl (C=O) groups excluding carboxylic acids is 1. The van der Waals surface area contributed by atoms with E-state index in [2.05, 4.69) is 54.4 Å². The fourth-order valence-electron chi connectivity index (χ4n) is 3.91. The van der Waals surface area contributed by atoms with Crippen molar-refractivity contribution in [3.63, 3.8) is 0 Å². The molecule has 0 radical (unpaired) electrons. The Kier molecular flexibility index (Phi) is 7.68. The van der Waals surface area contributed by atoms with Gasteiger partial charge in [-0.15, -0.1) is 11.3 Å². The molecule has 4 rings (SSSR count). The van der Waals surface area contributed by atoms with Crippen molar-refractivity contribution in [2.75, 3.05) is 31.6 Å². The number of benzene rings is 2. The number of nitrogens with zero attached hydrogens (tertiary/aromatic N) is 2. The van der Waals surface area contributed by atoms with Crippen LogP contribution in [0.2, 0.25) is 0 Å². The van der Waals surface area contributed by atoms with Gasteiger partial charge in [-0.2, -0.15) is 0 Å². The lowest BCUT2D eigenvalue weighted by Crippen LogP contribution is -2.35. The van der Waals surface area contributed by atoms with Gasteiger partial charge >= 0.3 is 0 Å². The Morgan fingerprint density at radius 1 is 1.16 bits per heavy atom. The van der Waals surface area contributed by atoms with Crippen molar-refractivity contribution in [2.24, 2.45) is 0 Å². The molecule has 1 fully saturated rings. The van der Waals surface area contributed by atoms with Crippen LogP contribution in [0, 0.1) is 0 Å². The molecule has 1 amide bonds. The molecule has 1 saturated heterocycles. The standard InChI is InChI=1S/C26H31N3O2S/c1-3-19(2)23-6-4-5-7-24(23)28-25(30)16-22-18-32-26(27-22)21-10-8-20(9-11-21)17-29-12-14-31-15-13-29/h4-11,18-19H,3,12-17H2,1-2H3,(H,28,30). The maximum absolute atomic E-state index is 12.7. The van der Waals surface area contributed by atoms with Crippen LogP contribution in [0.4, 0.5) is 5.69 Å². The zero-order chi connectivity index (χ0) is 22.3. The third-order valence-corrected chi connectivity index (χ3v) is 6.92. The van der Waals surface area contributed by atoms with Gasteiger partial charge in [0.05, 0.1) is 25.3 Å². The molecule has 0 saturated carbocycles. The van der Waals surface area contributed by atoms with Crippen molar-refractivity contribution in [3.8, 4) is 10.6 Å². The Bertz CT molecular complexity index is 1030. The summed E-state index contributed by atoms with van der Waals surface area (Å²) in [5, 5.41) is 6.01. The number of hydrogen-bond acceptors (Lipinski definition) is 5. The number of para-hydroxylation sites is 1. The second-order valence-corrected chi connectivity index (χ2v) is 9.21. The van der Waals surface area contributed by atoms with E-state index < -0.39 is 0 Å². The lowest BCUT2D eigenvalue weighted by molar-refractivity contribution is -0.115. The lowest BCUT2D eigenvalue weighted by atomic mass is 9.97. The molecule has 2 heterocycles. The van der Waals surface area contributed by atoms with Gasteiger partial charge in [-0.3, -0.25) is 9.69 Å². The van der Waals surface area contributed by atoms with Crippen LogP contribution in [0.15, 0.2) is 53.9 Å². The highest BCUT2D eigenvalue weighted by atomic mass is 32.1. The first kappa shape index (κ1) is 22.6. The number of morpholine rings is 1. The predicted molar refractivity (Wildman–Crippen MR) is 131 cm³/mol. The number of carbonyl (C=O) groups is 1. The number of hydrogen-bond donors (Lipinski definition) is 1. The Balaban J connectivity index is 1.36. The summed E-state index contributed by atoms with van der Waals surface area (Å²) in [5.41, 5.74) is 5.28. The van der Waals surface area contributed by atoms with Gasteiger partial charge in [-0.1, -0.05) is 56.3 Å². The topological polar surface area (TPSA) is 54.5 Å². The van der Waals surface area contributed by atoms with E-state index >= 15 is 0 Å². The third kappa shape index (κ3) is 5.82. The van der Waals surface area contributed by atoms with Gasteiger partial charge in [0.25, 0.3) is 0 Å². The first-order valence-electron chi connectivity index (χ1n) is 11.3. The molecule has 0 aliphatic carbocycles. The fourth-order valence-corrected chi connectivity index (χ4v) is 4.74. The predicted octanol–water partition coefficient (Wildman–Crippen LogP) is 5.34. The molecule has 1 aliphatic rings. The molecule has 0 bridgehead atoms. The van der Waals surface area contributed by atoms with E-state index in [9.17, 15) is 4.79 Å². The van der Waals surface area contributed by atoms with E-state index in [0.717, 1.165) is 61.2 Å². The summed E-state index contributed by atoms with van der Waals surface area (Å²) in [5.74, 6) is 0.377. The Morgan fingerprint density at radius 3 is 2.66 bits per heavy atom. The van der Waals surface area contributed by atoms with Crippen LogP contribution in [-0.4, -0.2) is 42.1 Å². The van der Waals surface area contributed by atoms with E-state index in [1.807, 2.05) is 23.6 Å². The second-order valence-electron chi connectivity index (χ2n) is 8.35. The summed E-state index contributed by atoms with van der Waals surface area (Å²) in [6, 6.07) is 16.6. The van der Waals surface area contributed by atoms with Crippen LogP contribution >= 0.6 is 11.3 Å². The highest BCUT2D eigenvalue weighted by molar-refractivity contribution is 7.13. The minimum absolute atomic E-state index is 0.0292. The molecule has 0 spiro atoms. The molecule has 1 unspecified atom stereocenters. The van der Waals surface area contributed by atoms with Crippen molar-refractivity contribution in [1.82, 2.24) is 9.88 Å². The van der Waals surface area contributed by atoms with Gasteiger partial charge in [0.15, 0.2) is 0 Å². The van der Waals surface area contributed by atoms with E-state index in [1.165, 1.54) is 11.1 Å². The molecule has 32 heavy (non-hydrogen) atoms. The first-order valence-corrected chi connectivity index (χ1v) is 12.2. The van der Waals surface area contributed by atoms with E-state index in [-0.39, 0.29) is 12.3 Å². The highest BCUT2D eigenvalue weighted by Crippen LogP contribution is 2.27. The van der Waals surface area contributed by atoms with E-state index in [0.29, 0.717) is 5.92 Å². The van der Waals surface area contributed by atoms with Crippen molar-refractivity contribution in [2.45, 2.75) is 39.2 Å². The minimum Gasteiger partial charge on any atom is -0.379 e. The van der Waals surface area contributed by atoms with Crippen LogP contribution in [0.5, 0.6) is 0 Å². The average molecular weight is 450 g/mol. The van der Waals surface area contributed by atoms with Gasteiger partial charge in [-0.05, 0) is 29.5 Å². The molecule has 6 heteroatoms. The maximum Gasteiger partial charge on any atom is 0.230 e. The number of aromatic nitrogens is 1. The summed E-state index contributed by atoms with van der Waals surface area (Å²) >= 11 is 1.59. The number of amides is 1. The molecule has 1 aromatic heterocycles. The molecule has 5 nitrogen and oxygen atoms in total. The highest BCUT2D eigenvalue weighted by Gasteiger charge is 2.14. The van der Waals surface area contributed by atoms with Gasteiger partial charge in [0, 0.05) is 36.3 Å². The quantitative estimate of drug-likeness (QED) is 0.505. The first-order chi connectivity index (χ1) is 15.6. The van der Waals surface area contributed by atoms with Gasteiger partial charge < -0.3 is 10.1 Å². The van der Waals surface area contributed by atoms with Gasteiger partial charge in [-0.25, -0.2) is 4.98 Å². The summed E-state index contributed by atoms with van der Waals surface area (Å²) in [7, 11) is 0. The number of ether oxygens (including phenoxy) is 1. The van der Waals surface area contributed by atoms with Crippen LogP contribution in [0.1, 0.15) is 43.0 Å². The van der Waals surface area contributed by atoms with Crippen LogP contribution in [0.25, 0.3) is 10.6 Å². The number of thiazole rings is 1. The SMILES string of the molecule is CCC(C)c1ccccc1NC(=O)Cc1csc(-c2ccc(CN3CCOCC3)cc2)n1. The summed E-state index contributed by atoms with van der Waals surface area (Å²) in [6.45, 7) is 8.90. The van der Waals surface area contributed by atoms with Crippen molar-refractivity contribution < 1.29 is 9.53 Å². The zero-order valence-electron chi connectivity index (χ0n) is 18.8. The monoisotopic (exact) mass is 449 g/mol. The van der Waals surface area contributed by atoms with Crippen molar-refractivity contribution in [3.05, 3.63) is 70.7 Å². The number of anilines is 1. The minimum atomic E-state index is -0.0292. The Hall–Kier alpha value is -2.54. The van der Waals surface area contributed by atoms with Crippen molar-refractivity contribution in [1.29, 1.82) is 0 Å². The third-order valence-electron chi connectivity index (χ3n) is 5.98. The largest absolute Gasteiger partial charge is 0.379 e. The average Bonchev–Trinajstić information content (AvgIpc) is 3.28. The molecule has 1 atom stereocenters. The molecular weight excluding hydrogens is 418 g/mol. The van der Waals surface area contributed by atoms with Crippen LogP contribution < -0.4 is 5.32 Å². The van der Waals surface area contributed by atoms with Gasteiger partial charge in [0.1, 0.15) is 5.01 Å². The van der Waals surface area contributed by atoms with E-state index in [1.54, 1.807) is 11.3 Å². The molecule has 1 N–H and O–H groups in total. The summed E-state index contributed by atoms with van der Waals surface area (Å²) in [4.78, 5) is 19.8. The Morgan fingerprint density at radius 2 is 1.91 bits per heavy atom. The second kappa shape index (κ2) is 10.9. The fraction of sp³-hybridized carbons (Fsp3) is 0.385. The Labute approximate surface area is 194 Å². The van der Waals surface area contributed by atoms with Gasteiger partial charge in [0.2, 0.25) is 5.91 Å². The number of rotatable bonds is 8. The molecule has 2 aromatic carbocycles. The molecule has 3 aromatic rings. The van der Waals surface area contributed by atoms with Crippen molar-refractivity contribution >= 4 is 22.9 Å². The van der Waals surface area contributed by atoms with E-state index in [4.69, 9.17) is 9.72 Å². The summed E-state index contributed by atoms with van der Waals surface area (Å²) < 4.78 is 5.42. The maximum atomic E-state index is 12.7. The lowest BCUT2D eigenvalue weighted by Gasteiger charge is -2.26. The molecule has 1 aliphatic heterocycles. The molecule has 168 valence electrons. The van der Waals surface area contributed by atoms with Crippen LogP contribution in [0.3, 0.4) is 0 Å². The summed E-state index contributed by atoms with van der Waals surface area (Å²) in [6.07, 6.45) is 1.31. The number of nitrogens with one attached hydrogen (secondary N) is 1. The van der Waals surface area contributed by atoms with Crippen LogP contribution in [-0.2, 0) is 22.5 Å². The smallest absolute Gasteiger partial charge is 0.230 e. The normalized spacial score (nSPS) is 15.4. The molecular formula is C26H31N3O2S. The zero-order valence-corrected chi connectivity index (χ0v) is 19.7.